The number of ether oxygens (including phenoxy) is 1. The number of thioether (sulfide) groups is 1. The fourth-order valence-corrected chi connectivity index (χ4v) is 2.25. The van der Waals surface area contributed by atoms with Gasteiger partial charge in [0.05, 0.1) is 7.11 Å². The molecule has 0 aliphatic heterocycles. The van der Waals surface area contributed by atoms with Crippen LogP contribution in [0.25, 0.3) is 0 Å². The summed E-state index contributed by atoms with van der Waals surface area (Å²) in [5.74, 6) is 2.70. The van der Waals surface area contributed by atoms with E-state index >= 15 is 0 Å². The summed E-state index contributed by atoms with van der Waals surface area (Å²) in [6.07, 6.45) is 4.41. The number of nitrogens with two attached hydrogens (primary N) is 1. The van der Waals surface area contributed by atoms with Gasteiger partial charge < -0.3 is 10.5 Å². The molecule has 0 aliphatic rings. The van der Waals surface area contributed by atoms with Gasteiger partial charge in [-0.2, -0.15) is 11.8 Å². The summed E-state index contributed by atoms with van der Waals surface area (Å²) < 4.78 is 5.14. The minimum Gasteiger partial charge on any atom is -0.497 e. The highest BCUT2D eigenvalue weighted by Crippen LogP contribution is 2.17. The minimum absolute atomic E-state index is 0.598. The molecule has 3 heteroatoms. The van der Waals surface area contributed by atoms with Gasteiger partial charge in [-0.15, -0.1) is 0 Å². The fraction of sp³-hybridized carbons (Fsp3) is 0.538. The van der Waals surface area contributed by atoms with Gasteiger partial charge in [0.2, 0.25) is 0 Å². The SMILES string of the molecule is COc1ccc(CC(CN)CCSC)cc1. The van der Waals surface area contributed by atoms with Gasteiger partial charge in [0, 0.05) is 0 Å². The zero-order valence-electron chi connectivity index (χ0n) is 10.1. The van der Waals surface area contributed by atoms with E-state index in [0.29, 0.717) is 5.92 Å². The Bertz CT molecular complexity index is 286. The van der Waals surface area contributed by atoms with E-state index in [1.807, 2.05) is 23.9 Å². The molecule has 0 spiro atoms. The number of hydrogen-bond acceptors (Lipinski definition) is 3. The van der Waals surface area contributed by atoms with Crippen LogP contribution in [0, 0.1) is 5.92 Å². The van der Waals surface area contributed by atoms with Gasteiger partial charge >= 0.3 is 0 Å². The maximum Gasteiger partial charge on any atom is 0.118 e. The summed E-state index contributed by atoms with van der Waals surface area (Å²) in [4.78, 5) is 0. The van der Waals surface area contributed by atoms with Gasteiger partial charge in [-0.05, 0) is 55.0 Å². The maximum absolute atomic E-state index is 5.78. The number of rotatable bonds is 7. The summed E-state index contributed by atoms with van der Waals surface area (Å²) in [6, 6.07) is 8.27. The van der Waals surface area contributed by atoms with Gasteiger partial charge in [0.15, 0.2) is 0 Å². The molecule has 1 rings (SSSR count). The van der Waals surface area contributed by atoms with Crippen molar-refractivity contribution in [3.63, 3.8) is 0 Å². The zero-order valence-corrected chi connectivity index (χ0v) is 10.9. The Hall–Kier alpha value is -0.670. The Morgan fingerprint density at radius 1 is 1.31 bits per heavy atom. The summed E-state index contributed by atoms with van der Waals surface area (Å²) >= 11 is 1.89. The van der Waals surface area contributed by atoms with Gasteiger partial charge in [0.1, 0.15) is 5.75 Å². The number of benzene rings is 1. The fourth-order valence-electron chi connectivity index (χ4n) is 1.68. The highest BCUT2D eigenvalue weighted by Gasteiger charge is 2.07. The third kappa shape index (κ3) is 4.45. The average molecular weight is 239 g/mol. The van der Waals surface area contributed by atoms with Crippen LogP contribution in [0.5, 0.6) is 5.75 Å². The van der Waals surface area contributed by atoms with E-state index in [1.165, 1.54) is 17.7 Å². The monoisotopic (exact) mass is 239 g/mol. The van der Waals surface area contributed by atoms with Crippen LogP contribution in [-0.4, -0.2) is 25.7 Å². The molecule has 0 aromatic heterocycles. The van der Waals surface area contributed by atoms with Crippen molar-refractivity contribution in [1.29, 1.82) is 0 Å². The number of methoxy groups -OCH3 is 1. The molecule has 1 atom stereocenters. The summed E-state index contributed by atoms with van der Waals surface area (Å²) in [7, 11) is 1.69. The molecule has 1 aromatic carbocycles. The second-order valence-electron chi connectivity index (χ2n) is 3.94. The van der Waals surface area contributed by atoms with Gasteiger partial charge in [0.25, 0.3) is 0 Å². The van der Waals surface area contributed by atoms with Crippen LogP contribution < -0.4 is 10.5 Å². The molecular formula is C13H21NOS. The molecule has 90 valence electrons. The van der Waals surface area contributed by atoms with E-state index in [4.69, 9.17) is 10.5 Å². The van der Waals surface area contributed by atoms with Gasteiger partial charge in [-0.25, -0.2) is 0 Å². The summed E-state index contributed by atoms with van der Waals surface area (Å²) in [6.45, 7) is 0.770. The van der Waals surface area contributed by atoms with Crippen LogP contribution in [0.15, 0.2) is 24.3 Å². The normalized spacial score (nSPS) is 12.4. The Labute approximate surface area is 103 Å². The van der Waals surface area contributed by atoms with Crippen LogP contribution in [0.2, 0.25) is 0 Å². The molecule has 0 radical (unpaired) electrons. The molecule has 0 saturated heterocycles. The first kappa shape index (κ1) is 13.4. The quantitative estimate of drug-likeness (QED) is 0.794. The largest absolute Gasteiger partial charge is 0.497 e. The van der Waals surface area contributed by atoms with Crippen molar-refractivity contribution in [2.75, 3.05) is 25.7 Å². The first-order valence-corrected chi connectivity index (χ1v) is 7.01. The van der Waals surface area contributed by atoms with Crippen LogP contribution in [0.3, 0.4) is 0 Å². The van der Waals surface area contributed by atoms with Crippen molar-refractivity contribution in [2.24, 2.45) is 11.7 Å². The average Bonchev–Trinajstić information content (AvgIpc) is 2.35. The molecule has 2 N–H and O–H groups in total. The Balaban J connectivity index is 2.49. The van der Waals surface area contributed by atoms with Crippen molar-refractivity contribution in [3.05, 3.63) is 29.8 Å². The molecule has 1 aromatic rings. The van der Waals surface area contributed by atoms with Crippen molar-refractivity contribution >= 4 is 11.8 Å². The van der Waals surface area contributed by atoms with Crippen LogP contribution in [-0.2, 0) is 6.42 Å². The highest BCUT2D eigenvalue weighted by atomic mass is 32.2. The van der Waals surface area contributed by atoms with Crippen molar-refractivity contribution in [3.8, 4) is 5.75 Å². The predicted octanol–water partition coefficient (Wildman–Crippen LogP) is 2.57. The van der Waals surface area contributed by atoms with E-state index in [9.17, 15) is 0 Å². The van der Waals surface area contributed by atoms with E-state index in [1.54, 1.807) is 7.11 Å². The molecule has 0 amide bonds. The van der Waals surface area contributed by atoms with Crippen LogP contribution in [0.1, 0.15) is 12.0 Å². The predicted molar refractivity (Wildman–Crippen MR) is 72.2 cm³/mol. The first-order valence-electron chi connectivity index (χ1n) is 5.62. The molecule has 1 unspecified atom stereocenters. The lowest BCUT2D eigenvalue weighted by atomic mass is 9.97. The van der Waals surface area contributed by atoms with E-state index in [2.05, 4.69) is 18.4 Å². The van der Waals surface area contributed by atoms with Gasteiger partial charge in [-0.1, -0.05) is 12.1 Å². The third-order valence-corrected chi connectivity index (χ3v) is 3.39. The van der Waals surface area contributed by atoms with Crippen molar-refractivity contribution in [2.45, 2.75) is 12.8 Å². The second-order valence-corrected chi connectivity index (χ2v) is 4.92. The van der Waals surface area contributed by atoms with Crippen LogP contribution >= 0.6 is 11.8 Å². The standard InChI is InChI=1S/C13H21NOS/c1-15-13-5-3-11(4-6-13)9-12(10-14)7-8-16-2/h3-6,12H,7-10,14H2,1-2H3. The van der Waals surface area contributed by atoms with E-state index in [-0.39, 0.29) is 0 Å². The van der Waals surface area contributed by atoms with Gasteiger partial charge in [-0.3, -0.25) is 0 Å². The Morgan fingerprint density at radius 2 is 2.00 bits per heavy atom. The molecule has 16 heavy (non-hydrogen) atoms. The van der Waals surface area contributed by atoms with Crippen molar-refractivity contribution < 1.29 is 4.74 Å². The lowest BCUT2D eigenvalue weighted by Crippen LogP contribution is -2.17. The van der Waals surface area contributed by atoms with E-state index < -0.39 is 0 Å². The molecule has 0 aliphatic carbocycles. The molecule has 0 saturated carbocycles. The van der Waals surface area contributed by atoms with Crippen LogP contribution in [0.4, 0.5) is 0 Å². The molecule has 0 heterocycles. The summed E-state index contributed by atoms with van der Waals surface area (Å²) in [5, 5.41) is 0. The molecule has 2 nitrogen and oxygen atoms in total. The minimum atomic E-state index is 0.598. The topological polar surface area (TPSA) is 35.2 Å². The highest BCUT2D eigenvalue weighted by molar-refractivity contribution is 7.98. The molecule has 0 fully saturated rings. The lowest BCUT2D eigenvalue weighted by molar-refractivity contribution is 0.414. The second kappa shape index (κ2) is 7.58. The Morgan fingerprint density at radius 3 is 2.50 bits per heavy atom. The third-order valence-electron chi connectivity index (χ3n) is 2.75. The first-order chi connectivity index (χ1) is 7.80. The molecular weight excluding hydrogens is 218 g/mol. The maximum atomic E-state index is 5.78. The Kier molecular flexibility index (Phi) is 6.34. The summed E-state index contributed by atoms with van der Waals surface area (Å²) in [5.41, 5.74) is 7.13. The van der Waals surface area contributed by atoms with E-state index in [0.717, 1.165) is 18.7 Å². The lowest BCUT2D eigenvalue weighted by Gasteiger charge is -2.14. The van der Waals surface area contributed by atoms with Crippen molar-refractivity contribution in [1.82, 2.24) is 0 Å². The zero-order chi connectivity index (χ0) is 11.8. The number of hydrogen-bond donors (Lipinski definition) is 1. The smallest absolute Gasteiger partial charge is 0.118 e. The molecule has 0 bridgehead atoms.